The minimum absolute atomic E-state index is 0.352. The first-order chi connectivity index (χ1) is 16.7. The maximum Gasteiger partial charge on any atom is 0.250 e. The van der Waals surface area contributed by atoms with Crippen LogP contribution in [0.5, 0.6) is 0 Å². The van der Waals surface area contributed by atoms with Gasteiger partial charge in [-0.15, -0.1) is 0 Å². The van der Waals surface area contributed by atoms with Crippen LogP contribution in [0.25, 0.3) is 11.3 Å². The van der Waals surface area contributed by atoms with Crippen LogP contribution in [0.2, 0.25) is 10.0 Å². The zero-order valence-electron chi connectivity index (χ0n) is 18.3. The van der Waals surface area contributed by atoms with Gasteiger partial charge >= 0.3 is 0 Å². The van der Waals surface area contributed by atoms with Gasteiger partial charge in [-0.1, -0.05) is 23.2 Å². The average molecular weight is 504 g/mol. The average Bonchev–Trinajstić information content (AvgIpc) is 3.35. The second-order valence-corrected chi connectivity index (χ2v) is 8.47. The third kappa shape index (κ3) is 5.41. The number of anilines is 3. The minimum atomic E-state index is 0.352. The molecule has 5 rings (SSSR count). The molecule has 2 aromatic heterocycles. The summed E-state index contributed by atoms with van der Waals surface area (Å²) in [4.78, 5) is 18.0. The lowest BCUT2D eigenvalue weighted by molar-refractivity contribution is 0.121. The fourth-order valence-electron chi connectivity index (χ4n) is 3.59. The molecule has 0 unspecified atom stereocenters. The van der Waals surface area contributed by atoms with E-state index in [1.165, 1.54) is 0 Å². The molecule has 0 radical (unpaired) electrons. The van der Waals surface area contributed by atoms with Crippen molar-refractivity contribution in [3.8, 4) is 11.3 Å². The maximum atomic E-state index is 6.11. The predicted molar refractivity (Wildman–Crippen MR) is 131 cm³/mol. The summed E-state index contributed by atoms with van der Waals surface area (Å²) in [5, 5.41) is 5.23. The van der Waals surface area contributed by atoms with Crippen molar-refractivity contribution >= 4 is 47.3 Å². The van der Waals surface area contributed by atoms with Crippen molar-refractivity contribution in [2.45, 2.75) is 0 Å². The Morgan fingerprint density at radius 3 is 2.09 bits per heavy atom. The van der Waals surface area contributed by atoms with E-state index in [4.69, 9.17) is 37.1 Å². The van der Waals surface area contributed by atoms with Crippen LogP contribution in [0.4, 0.5) is 17.8 Å². The topological polar surface area (TPSA) is 101 Å². The fraction of sp³-hybridized carbons (Fsp3) is 0.364. The van der Waals surface area contributed by atoms with Crippen LogP contribution in [0.1, 0.15) is 5.76 Å². The van der Waals surface area contributed by atoms with Gasteiger partial charge in [0.05, 0.1) is 42.7 Å². The molecule has 0 atom stereocenters. The molecule has 12 heteroatoms. The van der Waals surface area contributed by atoms with Gasteiger partial charge in [-0.05, 0) is 30.3 Å². The van der Waals surface area contributed by atoms with Crippen molar-refractivity contribution < 1.29 is 13.9 Å². The van der Waals surface area contributed by atoms with Gasteiger partial charge in [0.1, 0.15) is 11.5 Å². The lowest BCUT2D eigenvalue weighted by Crippen LogP contribution is -2.40. The molecule has 3 aromatic rings. The summed E-state index contributed by atoms with van der Waals surface area (Å²) in [5.74, 6) is 2.76. The Kier molecular flexibility index (Phi) is 7.10. The maximum absolute atomic E-state index is 6.11. The van der Waals surface area contributed by atoms with Gasteiger partial charge in [0.15, 0.2) is 0 Å². The lowest BCUT2D eigenvalue weighted by atomic mass is 10.2. The predicted octanol–water partition coefficient (Wildman–Crippen LogP) is 3.56. The summed E-state index contributed by atoms with van der Waals surface area (Å²) in [7, 11) is 0. The molecule has 10 nitrogen and oxygen atoms in total. The molecule has 2 aliphatic rings. The van der Waals surface area contributed by atoms with Crippen molar-refractivity contribution in [2.24, 2.45) is 5.10 Å². The number of hydrogen-bond donors (Lipinski definition) is 1. The van der Waals surface area contributed by atoms with Crippen molar-refractivity contribution in [3.05, 3.63) is 46.1 Å². The molecule has 0 spiro atoms. The third-order valence-electron chi connectivity index (χ3n) is 5.39. The van der Waals surface area contributed by atoms with E-state index in [0.717, 1.165) is 31.7 Å². The molecule has 0 aliphatic carbocycles. The Hall–Kier alpha value is -2.92. The monoisotopic (exact) mass is 503 g/mol. The number of aromatic nitrogens is 3. The molecule has 0 bridgehead atoms. The molecular weight excluding hydrogens is 481 g/mol. The first kappa shape index (κ1) is 22.9. The number of hydrogen-bond acceptors (Lipinski definition) is 10. The number of nitrogens with one attached hydrogen (secondary N) is 1. The highest BCUT2D eigenvalue weighted by Gasteiger charge is 2.20. The van der Waals surface area contributed by atoms with Crippen LogP contribution in [0.3, 0.4) is 0 Å². The summed E-state index contributed by atoms with van der Waals surface area (Å²) >= 11 is 12.1. The molecule has 4 heterocycles. The van der Waals surface area contributed by atoms with E-state index in [2.05, 4.69) is 35.3 Å². The highest BCUT2D eigenvalue weighted by molar-refractivity contribution is 6.42. The molecule has 0 saturated carbocycles. The number of halogens is 2. The summed E-state index contributed by atoms with van der Waals surface area (Å²) in [5.41, 5.74) is 3.73. The second-order valence-electron chi connectivity index (χ2n) is 7.66. The van der Waals surface area contributed by atoms with Crippen molar-refractivity contribution in [1.82, 2.24) is 15.0 Å². The third-order valence-corrected chi connectivity index (χ3v) is 6.13. The van der Waals surface area contributed by atoms with Crippen LogP contribution >= 0.6 is 23.2 Å². The van der Waals surface area contributed by atoms with Crippen LogP contribution < -0.4 is 15.2 Å². The highest BCUT2D eigenvalue weighted by atomic mass is 35.5. The first-order valence-corrected chi connectivity index (χ1v) is 11.7. The van der Waals surface area contributed by atoms with E-state index in [1.807, 2.05) is 18.2 Å². The number of benzene rings is 1. The summed E-state index contributed by atoms with van der Waals surface area (Å²) in [6, 6.07) is 8.99. The van der Waals surface area contributed by atoms with Gasteiger partial charge in [-0.2, -0.15) is 20.1 Å². The molecule has 1 aromatic carbocycles. The van der Waals surface area contributed by atoms with Gasteiger partial charge in [0.25, 0.3) is 0 Å². The minimum Gasteiger partial charge on any atom is -0.455 e. The highest BCUT2D eigenvalue weighted by Crippen LogP contribution is 2.29. The van der Waals surface area contributed by atoms with E-state index in [-0.39, 0.29) is 0 Å². The second kappa shape index (κ2) is 10.6. The molecule has 2 aliphatic heterocycles. The largest absolute Gasteiger partial charge is 0.455 e. The van der Waals surface area contributed by atoms with Crippen molar-refractivity contribution in [2.75, 3.05) is 67.8 Å². The SMILES string of the molecule is Clc1ccc(-c2ccc(/C=N/Nc3nc(N4CCOCC4)nc(N4CCOCC4)n3)o2)cc1Cl. The Labute approximate surface area is 206 Å². The summed E-state index contributed by atoms with van der Waals surface area (Å²) < 4.78 is 16.8. The number of rotatable bonds is 6. The van der Waals surface area contributed by atoms with Crippen molar-refractivity contribution in [3.63, 3.8) is 0 Å². The first-order valence-electron chi connectivity index (χ1n) is 10.9. The van der Waals surface area contributed by atoms with Gasteiger partial charge in [-0.25, -0.2) is 5.43 Å². The lowest BCUT2D eigenvalue weighted by Gasteiger charge is -2.30. The molecule has 34 heavy (non-hydrogen) atoms. The van der Waals surface area contributed by atoms with Crippen LogP contribution in [0.15, 0.2) is 39.9 Å². The van der Waals surface area contributed by atoms with Gasteiger partial charge in [0, 0.05) is 31.7 Å². The number of ether oxygens (including phenoxy) is 2. The van der Waals surface area contributed by atoms with E-state index in [0.29, 0.717) is 65.8 Å². The van der Waals surface area contributed by atoms with Crippen LogP contribution in [0, 0.1) is 0 Å². The number of nitrogens with zero attached hydrogens (tertiary/aromatic N) is 6. The van der Waals surface area contributed by atoms with Gasteiger partial charge in [-0.3, -0.25) is 0 Å². The Balaban J connectivity index is 1.33. The Bertz CT molecular complexity index is 1120. The van der Waals surface area contributed by atoms with Crippen molar-refractivity contribution in [1.29, 1.82) is 0 Å². The van der Waals surface area contributed by atoms with Crippen LogP contribution in [-0.4, -0.2) is 73.8 Å². The van der Waals surface area contributed by atoms with E-state index in [1.54, 1.807) is 18.3 Å². The van der Waals surface area contributed by atoms with Gasteiger partial charge < -0.3 is 23.7 Å². The zero-order chi connectivity index (χ0) is 23.3. The standard InChI is InChI=1S/C22H23Cl2N7O3/c23-17-3-1-15(13-18(17)24)19-4-2-16(34-19)14-25-29-20-26-21(30-5-9-32-10-6-30)28-22(27-20)31-7-11-33-12-8-31/h1-4,13-14H,5-12H2,(H,26,27,28,29)/b25-14+. The quantitative estimate of drug-likeness (QED) is 0.399. The number of morpholine rings is 2. The molecule has 178 valence electrons. The molecule has 2 fully saturated rings. The van der Waals surface area contributed by atoms with Gasteiger partial charge in [0.2, 0.25) is 17.8 Å². The summed E-state index contributed by atoms with van der Waals surface area (Å²) in [6.45, 7) is 5.44. The fourth-order valence-corrected chi connectivity index (χ4v) is 3.89. The molecular formula is C22H23Cl2N7O3. The molecule has 0 amide bonds. The van der Waals surface area contributed by atoms with Crippen LogP contribution in [-0.2, 0) is 9.47 Å². The van der Waals surface area contributed by atoms with E-state index < -0.39 is 0 Å². The molecule has 2 saturated heterocycles. The normalized spacial score (nSPS) is 16.9. The Morgan fingerprint density at radius 1 is 0.824 bits per heavy atom. The van der Waals surface area contributed by atoms with E-state index in [9.17, 15) is 0 Å². The summed E-state index contributed by atoms with van der Waals surface area (Å²) in [6.07, 6.45) is 1.56. The Morgan fingerprint density at radius 2 is 1.47 bits per heavy atom. The van der Waals surface area contributed by atoms with E-state index >= 15 is 0 Å². The smallest absolute Gasteiger partial charge is 0.250 e. The number of hydrazone groups is 1. The zero-order valence-corrected chi connectivity index (χ0v) is 19.8. The molecule has 1 N–H and O–H groups in total. The number of furan rings is 1.